The first kappa shape index (κ1) is 29.3. The van der Waals surface area contributed by atoms with E-state index in [0.717, 1.165) is 55.8 Å². The topological polar surface area (TPSA) is 100 Å². The van der Waals surface area contributed by atoms with Crippen LogP contribution in [0, 0.1) is 0 Å². The maximum atomic E-state index is 13.9. The highest BCUT2D eigenvalue weighted by Gasteiger charge is 2.43. The zero-order valence-electron chi connectivity index (χ0n) is 25.7. The first-order valence-corrected chi connectivity index (χ1v) is 16.6. The van der Waals surface area contributed by atoms with Crippen molar-refractivity contribution < 1.29 is 19.5 Å². The number of carboxylic acids is 1. The van der Waals surface area contributed by atoms with Crippen LogP contribution >= 0.6 is 0 Å². The van der Waals surface area contributed by atoms with E-state index in [4.69, 9.17) is 5.11 Å². The third-order valence-corrected chi connectivity index (χ3v) is 10.4. The Morgan fingerprint density at radius 3 is 2.47 bits per heavy atom. The van der Waals surface area contributed by atoms with Crippen LogP contribution in [-0.2, 0) is 16.1 Å². The molecule has 1 aromatic heterocycles. The Kier molecular flexibility index (Phi) is 7.94. The van der Waals surface area contributed by atoms with Crippen LogP contribution in [0.25, 0.3) is 22.6 Å². The quantitative estimate of drug-likeness (QED) is 0.238. The number of carbonyl (C=O) groups excluding carboxylic acids is 2. The van der Waals surface area contributed by atoms with E-state index in [1.165, 1.54) is 60.4 Å². The van der Waals surface area contributed by atoms with Crippen molar-refractivity contribution in [2.75, 3.05) is 5.32 Å². The minimum atomic E-state index is -1.01. The lowest BCUT2D eigenvalue weighted by Crippen LogP contribution is -2.55. The molecule has 0 saturated heterocycles. The van der Waals surface area contributed by atoms with Crippen LogP contribution in [0.1, 0.15) is 110 Å². The molecule has 2 heterocycles. The molecule has 2 amide bonds. The van der Waals surface area contributed by atoms with Gasteiger partial charge in [0.2, 0.25) is 5.91 Å². The van der Waals surface area contributed by atoms with Crippen LogP contribution in [0.2, 0.25) is 0 Å². The second kappa shape index (κ2) is 12.2. The van der Waals surface area contributed by atoms with E-state index in [1.807, 2.05) is 6.07 Å². The molecule has 45 heavy (non-hydrogen) atoms. The van der Waals surface area contributed by atoms with Crippen LogP contribution < -0.4 is 10.6 Å². The molecule has 3 aliphatic carbocycles. The first-order chi connectivity index (χ1) is 21.9. The summed E-state index contributed by atoms with van der Waals surface area (Å²) in [5.41, 5.74) is 7.89. The zero-order chi connectivity index (χ0) is 31.0. The van der Waals surface area contributed by atoms with Gasteiger partial charge in [-0.25, -0.2) is 4.79 Å². The summed E-state index contributed by atoms with van der Waals surface area (Å²) in [5.74, 6) is -0.898. The molecule has 3 N–H and O–H groups in total. The van der Waals surface area contributed by atoms with Gasteiger partial charge >= 0.3 is 5.97 Å². The maximum absolute atomic E-state index is 13.9. The van der Waals surface area contributed by atoms with Crippen molar-refractivity contribution in [2.45, 2.75) is 95.1 Å². The van der Waals surface area contributed by atoms with Crippen molar-refractivity contribution in [1.29, 1.82) is 0 Å². The Hall–Kier alpha value is -4.39. The van der Waals surface area contributed by atoms with Crippen LogP contribution in [0.15, 0.2) is 66.3 Å². The fourth-order valence-corrected chi connectivity index (χ4v) is 8.10. The molecule has 0 bridgehead atoms. The summed E-state index contributed by atoms with van der Waals surface area (Å²) in [6.45, 7) is 0.946. The molecule has 7 heteroatoms. The van der Waals surface area contributed by atoms with E-state index < -0.39 is 11.5 Å². The molecule has 0 spiro atoms. The second-order valence-corrected chi connectivity index (χ2v) is 13.2. The predicted molar refractivity (Wildman–Crippen MR) is 178 cm³/mol. The number of hydrogen-bond donors (Lipinski definition) is 3. The van der Waals surface area contributed by atoms with Gasteiger partial charge in [0.1, 0.15) is 5.54 Å². The van der Waals surface area contributed by atoms with Crippen LogP contribution in [0.3, 0.4) is 0 Å². The highest BCUT2D eigenvalue weighted by molar-refractivity contribution is 6.06. The number of anilines is 1. The van der Waals surface area contributed by atoms with Gasteiger partial charge in [0.25, 0.3) is 5.91 Å². The summed E-state index contributed by atoms with van der Waals surface area (Å²) < 4.78 is 2.49. The second-order valence-electron chi connectivity index (χ2n) is 13.2. The van der Waals surface area contributed by atoms with Gasteiger partial charge in [0.05, 0.1) is 5.69 Å². The molecule has 2 saturated carbocycles. The SMILES string of the molecule is O=C(O)/C=C/c1ccc(NC(=O)C2(NC(=O)c3ccc4c(C5CCCCC5)c5n(c4c3)CCCC3=C5C=CC3)CCCC2)cc1. The number of carboxylic acid groups (broad SMARTS) is 1. The normalized spacial score (nSPS) is 19.5. The molecular formula is C38H41N3O4. The van der Waals surface area contributed by atoms with E-state index in [2.05, 4.69) is 39.5 Å². The first-order valence-electron chi connectivity index (χ1n) is 16.6. The summed E-state index contributed by atoms with van der Waals surface area (Å²) in [4.78, 5) is 38.4. The summed E-state index contributed by atoms with van der Waals surface area (Å²) in [6.07, 6.45) is 19.7. The van der Waals surface area contributed by atoms with Crippen molar-refractivity contribution in [3.63, 3.8) is 0 Å². The third-order valence-electron chi connectivity index (χ3n) is 10.4. The maximum Gasteiger partial charge on any atom is 0.328 e. The number of allylic oxidation sites excluding steroid dienone is 4. The molecule has 2 aromatic carbocycles. The van der Waals surface area contributed by atoms with Crippen molar-refractivity contribution in [2.24, 2.45) is 0 Å². The van der Waals surface area contributed by atoms with Crippen molar-refractivity contribution in [3.8, 4) is 0 Å². The molecule has 232 valence electrons. The van der Waals surface area contributed by atoms with Gasteiger partial charge in [-0.1, -0.05) is 68.0 Å². The van der Waals surface area contributed by atoms with E-state index >= 15 is 0 Å². The fourth-order valence-electron chi connectivity index (χ4n) is 8.10. The predicted octanol–water partition coefficient (Wildman–Crippen LogP) is 7.98. The van der Waals surface area contributed by atoms with Gasteiger partial charge in [-0.15, -0.1) is 0 Å². The molecule has 2 fully saturated rings. The molecule has 4 aliphatic rings. The van der Waals surface area contributed by atoms with Crippen molar-refractivity contribution >= 4 is 46.0 Å². The minimum absolute atomic E-state index is 0.216. The average Bonchev–Trinajstić information content (AvgIpc) is 3.77. The average molecular weight is 604 g/mol. The number of benzene rings is 2. The van der Waals surface area contributed by atoms with Crippen LogP contribution in [-0.4, -0.2) is 33.0 Å². The molecule has 0 unspecified atom stereocenters. The highest BCUT2D eigenvalue weighted by atomic mass is 16.4. The summed E-state index contributed by atoms with van der Waals surface area (Å²) in [7, 11) is 0. The van der Waals surface area contributed by atoms with Gasteiger partial charge in [-0.05, 0) is 97.9 Å². The smallest absolute Gasteiger partial charge is 0.328 e. The molecular weight excluding hydrogens is 562 g/mol. The number of nitrogens with one attached hydrogen (secondary N) is 2. The van der Waals surface area contributed by atoms with Crippen molar-refractivity contribution in [1.82, 2.24) is 9.88 Å². The van der Waals surface area contributed by atoms with E-state index in [0.29, 0.717) is 30.0 Å². The number of amides is 2. The molecule has 1 aliphatic heterocycles. The van der Waals surface area contributed by atoms with Gasteiger partial charge in [0, 0.05) is 34.8 Å². The van der Waals surface area contributed by atoms with Gasteiger partial charge in [0.15, 0.2) is 0 Å². The largest absolute Gasteiger partial charge is 0.478 e. The lowest BCUT2D eigenvalue weighted by Gasteiger charge is -2.29. The monoisotopic (exact) mass is 603 g/mol. The minimum Gasteiger partial charge on any atom is -0.478 e. The lowest BCUT2D eigenvalue weighted by molar-refractivity contribution is -0.131. The Labute approximate surface area is 264 Å². The zero-order valence-corrected chi connectivity index (χ0v) is 25.7. The number of aliphatic carboxylic acids is 1. The summed E-state index contributed by atoms with van der Waals surface area (Å²) >= 11 is 0. The number of fused-ring (bicyclic) bond motifs is 4. The van der Waals surface area contributed by atoms with Crippen molar-refractivity contribution in [3.05, 3.63) is 88.7 Å². The lowest BCUT2D eigenvalue weighted by atomic mass is 9.81. The Morgan fingerprint density at radius 1 is 0.933 bits per heavy atom. The van der Waals surface area contributed by atoms with Crippen LogP contribution in [0.5, 0.6) is 0 Å². The van der Waals surface area contributed by atoms with Crippen LogP contribution in [0.4, 0.5) is 5.69 Å². The number of carbonyl (C=O) groups is 3. The standard InChI is InChI=1S/C38H41N3O4/c42-33(43)20-15-25-13-17-29(18-14-25)39-37(45)38(21-4-5-22-38)40-36(44)28-16-19-31-32(24-28)41-23-7-11-26-10-6-12-30(26)35(41)34(31)27-8-2-1-3-9-27/h6,12-20,24,27H,1-5,7-11,21-23H2,(H,39,45)(H,40,44)(H,42,43)/b20-15+. The molecule has 0 radical (unpaired) electrons. The Bertz CT molecular complexity index is 1750. The molecule has 0 atom stereocenters. The molecule has 7 nitrogen and oxygen atoms in total. The Morgan fingerprint density at radius 2 is 1.71 bits per heavy atom. The molecule has 3 aromatic rings. The van der Waals surface area contributed by atoms with E-state index in [9.17, 15) is 14.4 Å². The number of aromatic nitrogens is 1. The Balaban J connectivity index is 1.18. The van der Waals surface area contributed by atoms with Gasteiger partial charge < -0.3 is 20.3 Å². The van der Waals surface area contributed by atoms with Gasteiger partial charge in [-0.3, -0.25) is 9.59 Å². The molecule has 7 rings (SSSR count). The summed E-state index contributed by atoms with van der Waals surface area (Å²) in [5, 5.41) is 16.3. The fraction of sp³-hybridized carbons (Fsp3) is 0.395. The highest BCUT2D eigenvalue weighted by Crippen LogP contribution is 2.46. The number of hydrogen-bond acceptors (Lipinski definition) is 3. The number of aryl methyl sites for hydroxylation is 1. The van der Waals surface area contributed by atoms with E-state index in [-0.39, 0.29) is 11.8 Å². The number of nitrogens with zero attached hydrogens (tertiary/aromatic N) is 1. The van der Waals surface area contributed by atoms with E-state index in [1.54, 1.807) is 29.8 Å². The third kappa shape index (κ3) is 5.65. The summed E-state index contributed by atoms with van der Waals surface area (Å²) in [6, 6.07) is 13.2. The number of rotatable bonds is 7. The van der Waals surface area contributed by atoms with Gasteiger partial charge in [-0.2, -0.15) is 0 Å².